The molecule has 112 valence electrons. The number of H-pyrrole nitrogens is 1. The number of aromatic carboxylic acids is 1. The van der Waals surface area contributed by atoms with Crippen LogP contribution in [-0.4, -0.2) is 60.5 Å². The number of aliphatic hydroxyl groups is 1. The molecule has 20 heavy (non-hydrogen) atoms. The molecule has 0 aliphatic rings. The van der Waals surface area contributed by atoms with Gasteiger partial charge in [-0.2, -0.15) is 5.10 Å². The number of aromatic nitrogens is 2. The first-order chi connectivity index (χ1) is 9.20. The average Bonchev–Trinajstić information content (AvgIpc) is 2.78. The van der Waals surface area contributed by atoms with E-state index < -0.39 is 45.2 Å². The first-order valence-corrected chi connectivity index (χ1v) is 6.72. The Bertz CT molecular complexity index is 621. The summed E-state index contributed by atoms with van der Waals surface area (Å²) in [5, 5.41) is 23.7. The minimum Gasteiger partial charge on any atom is -0.476 e. The summed E-state index contributed by atoms with van der Waals surface area (Å²) < 4.78 is 30.0. The van der Waals surface area contributed by atoms with Crippen LogP contribution in [0.4, 0.5) is 0 Å². The standard InChI is InChI=1S/C9H13N3O7S/c1-4-7(6(8(14)15)12-11-4)20(17,18)10-3-5(13)9(16)19-2/h5,10,13H,3H2,1-2H3,(H,11,12)(H,14,15). The Morgan fingerprint density at radius 1 is 1.50 bits per heavy atom. The molecular formula is C9H13N3O7S. The number of nitrogens with one attached hydrogen (secondary N) is 2. The summed E-state index contributed by atoms with van der Waals surface area (Å²) in [6, 6.07) is 0. The van der Waals surface area contributed by atoms with Gasteiger partial charge in [0.25, 0.3) is 0 Å². The first kappa shape index (κ1) is 16.1. The van der Waals surface area contributed by atoms with Gasteiger partial charge in [0, 0.05) is 6.54 Å². The highest BCUT2D eigenvalue weighted by Crippen LogP contribution is 2.17. The van der Waals surface area contributed by atoms with E-state index in [0.29, 0.717) is 0 Å². The van der Waals surface area contributed by atoms with Crippen molar-refractivity contribution in [1.82, 2.24) is 14.9 Å². The third-order valence-corrected chi connectivity index (χ3v) is 3.89. The van der Waals surface area contributed by atoms with Gasteiger partial charge in [0.2, 0.25) is 10.0 Å². The normalized spacial score (nSPS) is 12.9. The number of carbonyl (C=O) groups is 2. The van der Waals surface area contributed by atoms with Crippen LogP contribution >= 0.6 is 0 Å². The molecule has 0 aliphatic heterocycles. The minimum absolute atomic E-state index is 0.0162. The van der Waals surface area contributed by atoms with E-state index in [0.717, 1.165) is 7.11 Å². The second-order valence-electron chi connectivity index (χ2n) is 3.72. The molecule has 0 spiro atoms. The highest BCUT2D eigenvalue weighted by Gasteiger charge is 2.29. The summed E-state index contributed by atoms with van der Waals surface area (Å²) in [6.45, 7) is 0.670. The number of carbonyl (C=O) groups excluding carboxylic acids is 1. The maximum Gasteiger partial charge on any atom is 0.357 e. The van der Waals surface area contributed by atoms with E-state index in [1.54, 1.807) is 0 Å². The molecule has 0 radical (unpaired) electrons. The maximum absolute atomic E-state index is 12.0. The molecule has 0 aromatic carbocycles. The number of carboxylic acid groups (broad SMARTS) is 1. The van der Waals surface area contributed by atoms with E-state index in [-0.39, 0.29) is 5.69 Å². The van der Waals surface area contributed by atoms with Gasteiger partial charge in [-0.25, -0.2) is 22.7 Å². The minimum atomic E-state index is -4.25. The Morgan fingerprint density at radius 3 is 2.60 bits per heavy atom. The van der Waals surface area contributed by atoms with Crippen LogP contribution in [0.2, 0.25) is 0 Å². The number of carboxylic acids is 1. The zero-order chi connectivity index (χ0) is 15.5. The van der Waals surface area contributed by atoms with Crippen molar-refractivity contribution in [2.75, 3.05) is 13.7 Å². The van der Waals surface area contributed by atoms with Crippen LogP contribution in [0.1, 0.15) is 16.2 Å². The fourth-order valence-corrected chi connectivity index (χ4v) is 2.73. The summed E-state index contributed by atoms with van der Waals surface area (Å²) in [5.41, 5.74) is -0.662. The molecular weight excluding hydrogens is 294 g/mol. The lowest BCUT2D eigenvalue weighted by Gasteiger charge is -2.10. The molecule has 1 heterocycles. The molecule has 11 heteroatoms. The number of aliphatic hydroxyl groups excluding tert-OH is 1. The lowest BCUT2D eigenvalue weighted by Crippen LogP contribution is -2.37. The third kappa shape index (κ3) is 3.31. The smallest absolute Gasteiger partial charge is 0.357 e. The molecule has 1 atom stereocenters. The Morgan fingerprint density at radius 2 is 2.10 bits per heavy atom. The molecule has 1 rings (SSSR count). The van der Waals surface area contributed by atoms with E-state index in [2.05, 4.69) is 14.9 Å². The number of esters is 1. The number of aryl methyl sites for hydroxylation is 1. The lowest BCUT2D eigenvalue weighted by molar-refractivity contribution is -0.149. The van der Waals surface area contributed by atoms with E-state index in [1.807, 2.05) is 4.72 Å². The number of ether oxygens (including phenoxy) is 1. The summed E-state index contributed by atoms with van der Waals surface area (Å²) in [5.74, 6) is -2.54. The Hall–Kier alpha value is -1.98. The second kappa shape index (κ2) is 5.98. The van der Waals surface area contributed by atoms with Crippen LogP contribution in [0.3, 0.4) is 0 Å². The van der Waals surface area contributed by atoms with E-state index in [4.69, 9.17) is 5.11 Å². The highest BCUT2D eigenvalue weighted by atomic mass is 32.2. The molecule has 10 nitrogen and oxygen atoms in total. The summed E-state index contributed by atoms with van der Waals surface area (Å²) in [4.78, 5) is 21.3. The van der Waals surface area contributed by atoms with Gasteiger partial charge in [-0.15, -0.1) is 0 Å². The van der Waals surface area contributed by atoms with Crippen molar-refractivity contribution in [3.63, 3.8) is 0 Å². The van der Waals surface area contributed by atoms with Gasteiger partial charge < -0.3 is 14.9 Å². The zero-order valence-electron chi connectivity index (χ0n) is 10.6. The van der Waals surface area contributed by atoms with Gasteiger partial charge in [0.15, 0.2) is 11.8 Å². The van der Waals surface area contributed by atoms with Gasteiger partial charge in [0.1, 0.15) is 4.90 Å². The van der Waals surface area contributed by atoms with Gasteiger partial charge in [-0.05, 0) is 6.92 Å². The molecule has 1 unspecified atom stereocenters. The van der Waals surface area contributed by atoms with Crippen LogP contribution in [-0.2, 0) is 19.6 Å². The van der Waals surface area contributed by atoms with E-state index >= 15 is 0 Å². The predicted molar refractivity (Wildman–Crippen MR) is 63.5 cm³/mol. The van der Waals surface area contributed by atoms with Crippen LogP contribution in [0, 0.1) is 6.92 Å². The summed E-state index contributed by atoms with van der Waals surface area (Å²) in [6.07, 6.45) is -1.70. The van der Waals surface area contributed by atoms with E-state index in [9.17, 15) is 23.1 Å². The van der Waals surface area contributed by atoms with Crippen molar-refractivity contribution < 1.29 is 33.0 Å². The second-order valence-corrected chi connectivity index (χ2v) is 5.43. The zero-order valence-corrected chi connectivity index (χ0v) is 11.4. The van der Waals surface area contributed by atoms with Crippen molar-refractivity contribution in [2.24, 2.45) is 0 Å². The summed E-state index contributed by atoms with van der Waals surface area (Å²) >= 11 is 0. The number of sulfonamides is 1. The number of methoxy groups -OCH3 is 1. The molecule has 0 fully saturated rings. The van der Waals surface area contributed by atoms with Gasteiger partial charge in [-0.3, -0.25) is 5.10 Å². The molecule has 0 aliphatic carbocycles. The van der Waals surface area contributed by atoms with Crippen LogP contribution in [0.15, 0.2) is 4.90 Å². The molecule has 1 aromatic rings. The quantitative estimate of drug-likeness (QED) is 0.449. The molecule has 0 bridgehead atoms. The summed E-state index contributed by atoms with van der Waals surface area (Å²) in [7, 11) is -3.22. The van der Waals surface area contributed by atoms with Crippen LogP contribution in [0.25, 0.3) is 0 Å². The fraction of sp³-hybridized carbons (Fsp3) is 0.444. The lowest BCUT2D eigenvalue weighted by atomic mass is 10.4. The molecule has 1 aromatic heterocycles. The van der Waals surface area contributed by atoms with Crippen molar-refractivity contribution in [3.8, 4) is 0 Å². The average molecular weight is 307 g/mol. The highest BCUT2D eigenvalue weighted by molar-refractivity contribution is 7.89. The predicted octanol–water partition coefficient (Wildman–Crippen LogP) is -1.77. The fourth-order valence-electron chi connectivity index (χ4n) is 1.37. The number of nitrogens with zero attached hydrogens (tertiary/aromatic N) is 1. The van der Waals surface area contributed by atoms with Crippen molar-refractivity contribution >= 4 is 22.0 Å². The first-order valence-electron chi connectivity index (χ1n) is 5.24. The third-order valence-electron chi connectivity index (χ3n) is 2.30. The van der Waals surface area contributed by atoms with Crippen LogP contribution in [0.5, 0.6) is 0 Å². The van der Waals surface area contributed by atoms with Gasteiger partial charge in [0.05, 0.1) is 12.8 Å². The van der Waals surface area contributed by atoms with Gasteiger partial charge >= 0.3 is 11.9 Å². The molecule has 0 saturated heterocycles. The number of hydrogen-bond acceptors (Lipinski definition) is 7. The van der Waals surface area contributed by atoms with E-state index in [1.165, 1.54) is 6.92 Å². The SMILES string of the molecule is COC(=O)C(O)CNS(=O)(=O)c1c(C(=O)O)n[nH]c1C. The Balaban J connectivity index is 2.98. The Kier molecular flexibility index (Phi) is 4.81. The largest absolute Gasteiger partial charge is 0.476 e. The van der Waals surface area contributed by atoms with Gasteiger partial charge in [-0.1, -0.05) is 0 Å². The van der Waals surface area contributed by atoms with Crippen LogP contribution < -0.4 is 4.72 Å². The van der Waals surface area contributed by atoms with Crippen molar-refractivity contribution in [3.05, 3.63) is 11.4 Å². The molecule has 0 amide bonds. The monoisotopic (exact) mass is 307 g/mol. The maximum atomic E-state index is 12.0. The number of aromatic amines is 1. The number of hydrogen-bond donors (Lipinski definition) is 4. The topological polar surface area (TPSA) is 159 Å². The number of rotatable bonds is 6. The molecule has 4 N–H and O–H groups in total. The van der Waals surface area contributed by atoms with Crippen molar-refractivity contribution in [1.29, 1.82) is 0 Å². The Labute approximate surface area is 113 Å². The van der Waals surface area contributed by atoms with Crippen molar-refractivity contribution in [2.45, 2.75) is 17.9 Å². The molecule has 0 saturated carbocycles.